The van der Waals surface area contributed by atoms with E-state index in [0.717, 1.165) is 0 Å². The highest BCUT2D eigenvalue weighted by Gasteiger charge is 2.43. The lowest BCUT2D eigenvalue weighted by molar-refractivity contribution is -0.385. The summed E-state index contributed by atoms with van der Waals surface area (Å²) in [5.74, 6) is 0. The minimum Gasteiger partial charge on any atom is -0.445 e. The van der Waals surface area contributed by atoms with Crippen molar-refractivity contribution in [2.24, 2.45) is 0 Å². The van der Waals surface area contributed by atoms with E-state index in [9.17, 15) is 30.3 Å². The van der Waals surface area contributed by atoms with Crippen LogP contribution in [0.4, 0.5) is 17.1 Å². The van der Waals surface area contributed by atoms with E-state index in [4.69, 9.17) is 13.7 Å². The van der Waals surface area contributed by atoms with E-state index in [0.29, 0.717) is 16.4 Å². The predicted octanol–water partition coefficient (Wildman–Crippen LogP) is 0.961. The molecule has 1 aliphatic rings. The van der Waals surface area contributed by atoms with Crippen LogP contribution in [0.25, 0.3) is 0 Å². The van der Waals surface area contributed by atoms with E-state index in [2.05, 4.69) is 0 Å². The molecule has 0 aromatic heterocycles. The molecule has 3 aromatic rings. The zero-order chi connectivity index (χ0) is 23.5. The standard InChI is InChI=1S/C18H12B3N3O9/c25-22(26)16-7-1-13(2-8-16)19-31-20(14-3-9-17(10-4-14)23(27)28)33-21(32-19)15-5-11-18(12-6-15)24(29)30/h1-12H. The summed E-state index contributed by atoms with van der Waals surface area (Å²) >= 11 is 0. The molecule has 0 radical (unpaired) electrons. The summed E-state index contributed by atoms with van der Waals surface area (Å²) in [6.45, 7) is 0. The van der Waals surface area contributed by atoms with Gasteiger partial charge in [0.05, 0.1) is 14.8 Å². The van der Waals surface area contributed by atoms with Gasteiger partial charge in [-0.05, 0) is 16.4 Å². The highest BCUT2D eigenvalue weighted by atomic mass is 16.7. The lowest BCUT2D eigenvalue weighted by Gasteiger charge is -2.31. The summed E-state index contributed by atoms with van der Waals surface area (Å²) in [6.07, 6.45) is 0. The molecule has 0 N–H and O–H groups in total. The Morgan fingerprint density at radius 2 is 0.667 bits per heavy atom. The first-order valence-corrected chi connectivity index (χ1v) is 9.51. The Labute approximate surface area is 187 Å². The third kappa shape index (κ3) is 4.90. The maximum atomic E-state index is 10.9. The number of rotatable bonds is 6. The molecule has 4 rings (SSSR count). The van der Waals surface area contributed by atoms with Gasteiger partial charge in [0.1, 0.15) is 0 Å². The molecule has 0 atom stereocenters. The molecule has 12 nitrogen and oxygen atoms in total. The van der Waals surface area contributed by atoms with Crippen molar-refractivity contribution in [3.8, 4) is 0 Å². The molecule has 1 saturated heterocycles. The second kappa shape index (κ2) is 9.20. The summed E-state index contributed by atoms with van der Waals surface area (Å²) in [4.78, 5) is 31.2. The smallest absolute Gasteiger partial charge is 0.445 e. The zero-order valence-electron chi connectivity index (χ0n) is 16.7. The molecular weight excluding hydrogens is 435 g/mol. The van der Waals surface area contributed by atoms with Crippen LogP contribution in [0.5, 0.6) is 0 Å². The fourth-order valence-electron chi connectivity index (χ4n) is 3.16. The van der Waals surface area contributed by atoms with Gasteiger partial charge in [-0.1, -0.05) is 36.4 Å². The van der Waals surface area contributed by atoms with E-state index in [1.165, 1.54) is 72.8 Å². The van der Waals surface area contributed by atoms with Gasteiger partial charge in [-0.25, -0.2) is 0 Å². The van der Waals surface area contributed by atoms with Crippen molar-refractivity contribution < 1.29 is 28.5 Å². The molecule has 1 aliphatic heterocycles. The number of nitro benzene ring substituents is 3. The van der Waals surface area contributed by atoms with Crippen LogP contribution < -0.4 is 16.4 Å². The topological polar surface area (TPSA) is 157 Å². The van der Waals surface area contributed by atoms with Gasteiger partial charge in [0.25, 0.3) is 17.1 Å². The Bertz CT molecular complexity index is 1040. The first-order valence-electron chi connectivity index (χ1n) is 9.51. The second-order valence-electron chi connectivity index (χ2n) is 6.95. The van der Waals surface area contributed by atoms with E-state index in [-0.39, 0.29) is 17.1 Å². The van der Waals surface area contributed by atoms with Gasteiger partial charge in [0, 0.05) is 36.4 Å². The fraction of sp³-hybridized carbons (Fsp3) is 0. The number of nitrogens with zero attached hydrogens (tertiary/aromatic N) is 3. The number of hydrogen-bond donors (Lipinski definition) is 0. The SMILES string of the molecule is O=[N+]([O-])c1ccc(B2OB(c3ccc([N+](=O)[O-])cc3)OB(c3ccc([N+](=O)[O-])cc3)O2)cc1. The monoisotopic (exact) mass is 447 g/mol. The third-order valence-corrected chi connectivity index (χ3v) is 4.87. The summed E-state index contributed by atoms with van der Waals surface area (Å²) in [5, 5.41) is 32.8. The molecule has 0 amide bonds. The van der Waals surface area contributed by atoms with Crippen LogP contribution in [0, 0.1) is 30.3 Å². The van der Waals surface area contributed by atoms with Crippen molar-refractivity contribution in [3.63, 3.8) is 0 Å². The van der Waals surface area contributed by atoms with Crippen LogP contribution in [0.1, 0.15) is 0 Å². The molecule has 1 heterocycles. The molecule has 1 fully saturated rings. The lowest BCUT2D eigenvalue weighted by atomic mass is 9.61. The maximum absolute atomic E-state index is 10.9. The maximum Gasteiger partial charge on any atom is 0.467 e. The van der Waals surface area contributed by atoms with Gasteiger partial charge >= 0.3 is 21.4 Å². The number of hydrogen-bond acceptors (Lipinski definition) is 9. The average Bonchev–Trinajstić information content (AvgIpc) is 2.84. The van der Waals surface area contributed by atoms with Crippen molar-refractivity contribution in [2.75, 3.05) is 0 Å². The van der Waals surface area contributed by atoms with Crippen LogP contribution in [0.3, 0.4) is 0 Å². The zero-order valence-corrected chi connectivity index (χ0v) is 16.7. The van der Waals surface area contributed by atoms with E-state index >= 15 is 0 Å². The van der Waals surface area contributed by atoms with Gasteiger partial charge < -0.3 is 13.7 Å². The highest BCUT2D eigenvalue weighted by Crippen LogP contribution is 2.15. The summed E-state index contributed by atoms with van der Waals surface area (Å²) in [6, 6.07) is 16.7. The number of benzene rings is 3. The van der Waals surface area contributed by atoms with Gasteiger partial charge in [0.2, 0.25) is 0 Å². The first-order chi connectivity index (χ1) is 15.8. The summed E-state index contributed by atoms with van der Waals surface area (Å²) in [7, 11) is -3.00. The predicted molar refractivity (Wildman–Crippen MR) is 119 cm³/mol. The molecule has 0 unspecified atom stereocenters. The van der Waals surface area contributed by atoms with Crippen molar-refractivity contribution >= 4 is 54.8 Å². The molecular formula is C18H12B3N3O9. The van der Waals surface area contributed by atoms with Gasteiger partial charge in [-0.15, -0.1) is 0 Å². The van der Waals surface area contributed by atoms with Crippen molar-refractivity contribution in [3.05, 3.63) is 103 Å². The van der Waals surface area contributed by atoms with Gasteiger partial charge in [-0.2, -0.15) is 0 Å². The van der Waals surface area contributed by atoms with Crippen LogP contribution in [-0.2, 0) is 13.7 Å². The van der Waals surface area contributed by atoms with E-state index < -0.39 is 36.1 Å². The van der Waals surface area contributed by atoms with Crippen LogP contribution >= 0.6 is 0 Å². The third-order valence-electron chi connectivity index (χ3n) is 4.87. The summed E-state index contributed by atoms with van der Waals surface area (Å²) in [5.41, 5.74) is 1.10. The molecule has 0 spiro atoms. The summed E-state index contributed by atoms with van der Waals surface area (Å²) < 4.78 is 17.6. The molecule has 0 aliphatic carbocycles. The number of non-ortho nitro benzene ring substituents is 3. The highest BCUT2D eigenvalue weighted by molar-refractivity contribution is 6.87. The van der Waals surface area contributed by atoms with Crippen molar-refractivity contribution in [2.45, 2.75) is 0 Å². The normalized spacial score (nSPS) is 13.6. The Morgan fingerprint density at radius 3 is 0.848 bits per heavy atom. The first kappa shape index (κ1) is 22.1. The van der Waals surface area contributed by atoms with Crippen LogP contribution in [0.15, 0.2) is 72.8 Å². The van der Waals surface area contributed by atoms with Gasteiger partial charge in [0.15, 0.2) is 0 Å². The Balaban J connectivity index is 1.65. The molecule has 162 valence electrons. The second-order valence-corrected chi connectivity index (χ2v) is 6.95. The molecule has 0 bridgehead atoms. The molecule has 0 saturated carbocycles. The van der Waals surface area contributed by atoms with Crippen LogP contribution in [-0.4, -0.2) is 36.1 Å². The van der Waals surface area contributed by atoms with E-state index in [1.807, 2.05) is 0 Å². The molecule has 15 heteroatoms. The number of nitro groups is 3. The van der Waals surface area contributed by atoms with Crippen molar-refractivity contribution in [1.82, 2.24) is 0 Å². The average molecular weight is 447 g/mol. The van der Waals surface area contributed by atoms with Gasteiger partial charge in [-0.3, -0.25) is 30.3 Å². The molecule has 33 heavy (non-hydrogen) atoms. The Hall–Kier alpha value is -4.07. The quantitative estimate of drug-likeness (QED) is 0.305. The molecule has 3 aromatic carbocycles. The Morgan fingerprint density at radius 1 is 0.455 bits per heavy atom. The lowest BCUT2D eigenvalue weighted by Crippen LogP contribution is -2.61. The minimum atomic E-state index is -1.00. The van der Waals surface area contributed by atoms with E-state index in [1.54, 1.807) is 0 Å². The minimum absolute atomic E-state index is 0.107. The van der Waals surface area contributed by atoms with Crippen LogP contribution in [0.2, 0.25) is 0 Å². The fourth-order valence-corrected chi connectivity index (χ4v) is 3.16. The largest absolute Gasteiger partial charge is 0.467 e. The van der Waals surface area contributed by atoms with Crippen molar-refractivity contribution in [1.29, 1.82) is 0 Å². The Kier molecular flexibility index (Phi) is 6.17.